The predicted octanol–water partition coefficient (Wildman–Crippen LogP) is 4.23. The molecule has 0 radical (unpaired) electrons. The van der Waals surface area contributed by atoms with E-state index in [1.807, 2.05) is 31.2 Å². The Bertz CT molecular complexity index is 947. The highest BCUT2D eigenvalue weighted by Gasteiger charge is 2.47. The van der Waals surface area contributed by atoms with Crippen LogP contribution in [0.2, 0.25) is 0 Å². The van der Waals surface area contributed by atoms with Gasteiger partial charge in [-0.05, 0) is 29.7 Å². The lowest BCUT2D eigenvalue weighted by Gasteiger charge is -2.41. The second-order valence-electron chi connectivity index (χ2n) is 7.29. The molecule has 0 saturated heterocycles. The van der Waals surface area contributed by atoms with Gasteiger partial charge in [-0.2, -0.15) is 0 Å². The van der Waals surface area contributed by atoms with Gasteiger partial charge < -0.3 is 5.73 Å². The van der Waals surface area contributed by atoms with Crippen LogP contribution in [-0.4, -0.2) is 23.8 Å². The maximum atomic E-state index is 13.6. The van der Waals surface area contributed by atoms with Crippen LogP contribution in [0.1, 0.15) is 42.0 Å². The average molecular weight is 383 g/mol. The van der Waals surface area contributed by atoms with Gasteiger partial charge in [0.05, 0.1) is 5.92 Å². The molecule has 2 atom stereocenters. The third kappa shape index (κ3) is 3.30. The summed E-state index contributed by atoms with van der Waals surface area (Å²) < 4.78 is 27.2. The van der Waals surface area contributed by atoms with Gasteiger partial charge >= 0.3 is 0 Å². The molecule has 1 amide bonds. The van der Waals surface area contributed by atoms with Gasteiger partial charge in [-0.3, -0.25) is 9.69 Å². The second kappa shape index (κ2) is 6.86. The molecule has 0 fully saturated rings. The lowest BCUT2D eigenvalue weighted by atomic mass is 9.74. The van der Waals surface area contributed by atoms with Gasteiger partial charge in [-0.1, -0.05) is 55.1 Å². The number of likely N-dealkylation sites (N-methyl/N-ethyl adjacent to an activating group) is 1. The van der Waals surface area contributed by atoms with Crippen molar-refractivity contribution in [3.8, 4) is 0 Å². The first-order chi connectivity index (χ1) is 13.1. The number of carbonyl (C=O) groups is 1. The fourth-order valence-electron chi connectivity index (χ4n) is 3.57. The first kappa shape index (κ1) is 19.7. The van der Waals surface area contributed by atoms with Crippen LogP contribution in [-0.2, 0) is 16.3 Å². The minimum Gasteiger partial charge on any atom is -0.369 e. The van der Waals surface area contributed by atoms with E-state index < -0.39 is 17.4 Å². The van der Waals surface area contributed by atoms with Gasteiger partial charge in [0.15, 0.2) is 5.96 Å². The number of hydrogen-bond donors (Lipinski definition) is 1. The molecule has 0 aromatic heterocycles. The second-order valence-corrected chi connectivity index (χ2v) is 7.29. The Balaban J connectivity index is 2.17. The number of benzene rings is 2. The molecule has 2 N–H and O–H groups in total. The summed E-state index contributed by atoms with van der Waals surface area (Å²) in [6.45, 7) is 6.46. The number of amides is 1. The van der Waals surface area contributed by atoms with Crippen molar-refractivity contribution in [3.63, 3.8) is 0 Å². The number of nitrogens with zero attached hydrogens (tertiary/aromatic N) is 2. The van der Waals surface area contributed by atoms with Crippen molar-refractivity contribution in [1.29, 1.82) is 0 Å². The Kier molecular flexibility index (Phi) is 4.83. The summed E-state index contributed by atoms with van der Waals surface area (Å²) in [6, 6.07) is 13.4. The fraction of sp³-hybridized carbons (Fsp3) is 0.273. The number of nitrogens with two attached hydrogens (primary N) is 1. The van der Waals surface area contributed by atoms with E-state index in [0.29, 0.717) is 5.56 Å². The molecule has 1 aliphatic rings. The van der Waals surface area contributed by atoms with E-state index in [4.69, 9.17) is 5.73 Å². The molecule has 1 heterocycles. The van der Waals surface area contributed by atoms with Crippen molar-refractivity contribution in [2.75, 3.05) is 7.05 Å². The Morgan fingerprint density at radius 2 is 1.89 bits per heavy atom. The van der Waals surface area contributed by atoms with Gasteiger partial charge in [0, 0.05) is 19.5 Å². The van der Waals surface area contributed by atoms with E-state index in [1.54, 1.807) is 25.3 Å². The zero-order valence-corrected chi connectivity index (χ0v) is 16.1. The number of alkyl halides is 2. The summed E-state index contributed by atoms with van der Waals surface area (Å²) >= 11 is 0. The van der Waals surface area contributed by atoms with Gasteiger partial charge in [-0.15, -0.1) is 0 Å². The molecule has 0 spiro atoms. The van der Waals surface area contributed by atoms with Crippen molar-refractivity contribution in [2.24, 2.45) is 10.7 Å². The third-order valence-corrected chi connectivity index (χ3v) is 5.29. The number of aliphatic imine (C=N–C) groups is 1. The quantitative estimate of drug-likeness (QED) is 0.859. The largest absolute Gasteiger partial charge is 0.369 e. The Morgan fingerprint density at radius 3 is 2.46 bits per heavy atom. The fourth-order valence-corrected chi connectivity index (χ4v) is 3.57. The maximum Gasteiger partial charge on any atom is 0.270 e. The highest BCUT2D eigenvalue weighted by molar-refractivity contribution is 6.02. The highest BCUT2D eigenvalue weighted by Crippen LogP contribution is 2.44. The first-order valence-corrected chi connectivity index (χ1v) is 8.92. The molecule has 4 nitrogen and oxygen atoms in total. The van der Waals surface area contributed by atoms with Gasteiger partial charge in [0.1, 0.15) is 5.54 Å². The maximum absolute atomic E-state index is 13.6. The van der Waals surface area contributed by atoms with Gasteiger partial charge in [-0.25, -0.2) is 13.8 Å². The molecule has 0 bridgehead atoms. The molecule has 6 heteroatoms. The molecule has 0 aliphatic carbocycles. The molecule has 0 unspecified atom stereocenters. The normalized spacial score (nSPS) is 22.8. The first-order valence-electron chi connectivity index (χ1n) is 8.92. The van der Waals surface area contributed by atoms with E-state index in [9.17, 15) is 13.6 Å². The molecule has 28 heavy (non-hydrogen) atoms. The molecule has 3 rings (SSSR count). The molecule has 0 saturated carbocycles. The average Bonchev–Trinajstić information content (AvgIpc) is 2.66. The van der Waals surface area contributed by atoms with E-state index in [2.05, 4.69) is 11.6 Å². The van der Waals surface area contributed by atoms with Crippen LogP contribution in [0.25, 0.3) is 6.08 Å². The van der Waals surface area contributed by atoms with Crippen molar-refractivity contribution in [2.45, 2.75) is 31.2 Å². The van der Waals surface area contributed by atoms with E-state index in [0.717, 1.165) is 18.1 Å². The van der Waals surface area contributed by atoms with Crippen molar-refractivity contribution >= 4 is 17.9 Å². The highest BCUT2D eigenvalue weighted by atomic mass is 19.3. The molecule has 146 valence electrons. The summed E-state index contributed by atoms with van der Waals surface area (Å²) in [6.07, 6.45) is 1.71. The Hall–Kier alpha value is -3.02. The van der Waals surface area contributed by atoms with Crippen molar-refractivity contribution < 1.29 is 13.6 Å². The standard InChI is InChI=1S/C22H23F2N3O/c1-5-14-7-6-8-17(13-14)21(2)18(19(28)27(4)20(25)26-21)15-9-11-16(12-10-15)22(3,23)24/h5-13,18H,1H2,2-4H3,(H2,25,26)/t18-,21-/m1/s1. The lowest BCUT2D eigenvalue weighted by Crippen LogP contribution is -2.52. The summed E-state index contributed by atoms with van der Waals surface area (Å²) in [5.41, 5.74) is 7.21. The van der Waals surface area contributed by atoms with Crippen LogP contribution < -0.4 is 5.73 Å². The number of rotatable bonds is 4. The lowest BCUT2D eigenvalue weighted by molar-refractivity contribution is -0.130. The zero-order chi connectivity index (χ0) is 20.7. The number of hydrogen-bond acceptors (Lipinski definition) is 3. The topological polar surface area (TPSA) is 58.7 Å². The summed E-state index contributed by atoms with van der Waals surface area (Å²) in [5, 5.41) is 0. The van der Waals surface area contributed by atoms with Crippen LogP contribution in [0.3, 0.4) is 0 Å². The van der Waals surface area contributed by atoms with Gasteiger partial charge in [0.2, 0.25) is 5.91 Å². The molecular weight excluding hydrogens is 360 g/mol. The van der Waals surface area contributed by atoms with Crippen LogP contribution >= 0.6 is 0 Å². The molecular formula is C22H23F2N3O. The third-order valence-electron chi connectivity index (χ3n) is 5.29. The molecule has 2 aromatic rings. The van der Waals surface area contributed by atoms with Crippen LogP contribution in [0.4, 0.5) is 8.78 Å². The summed E-state index contributed by atoms with van der Waals surface area (Å²) in [5.74, 6) is -3.78. The number of halogens is 2. The van der Waals surface area contributed by atoms with Crippen molar-refractivity contribution in [1.82, 2.24) is 4.90 Å². The van der Waals surface area contributed by atoms with Crippen LogP contribution in [0, 0.1) is 0 Å². The zero-order valence-electron chi connectivity index (χ0n) is 16.1. The molecule has 2 aromatic carbocycles. The van der Waals surface area contributed by atoms with Crippen LogP contribution in [0.5, 0.6) is 0 Å². The Morgan fingerprint density at radius 1 is 1.25 bits per heavy atom. The SMILES string of the molecule is C=Cc1cccc([C@@]2(C)N=C(N)N(C)C(=O)[C@H]2c2ccc(C(C)(F)F)cc2)c1. The van der Waals surface area contributed by atoms with E-state index in [1.165, 1.54) is 17.0 Å². The summed E-state index contributed by atoms with van der Waals surface area (Å²) in [7, 11) is 1.56. The molecule has 1 aliphatic heterocycles. The van der Waals surface area contributed by atoms with E-state index in [-0.39, 0.29) is 17.4 Å². The minimum atomic E-state index is -2.95. The number of carbonyl (C=O) groups excluding carboxylic acids is 1. The Labute approximate surface area is 163 Å². The smallest absolute Gasteiger partial charge is 0.270 e. The monoisotopic (exact) mass is 383 g/mol. The predicted molar refractivity (Wildman–Crippen MR) is 107 cm³/mol. The van der Waals surface area contributed by atoms with E-state index >= 15 is 0 Å². The summed E-state index contributed by atoms with van der Waals surface area (Å²) in [4.78, 5) is 19.1. The number of guanidine groups is 1. The minimum absolute atomic E-state index is 0.105. The van der Waals surface area contributed by atoms with Gasteiger partial charge in [0.25, 0.3) is 5.92 Å². The van der Waals surface area contributed by atoms with Crippen LogP contribution in [0.15, 0.2) is 60.1 Å². The van der Waals surface area contributed by atoms with Crippen molar-refractivity contribution in [3.05, 3.63) is 77.4 Å².